The molecule has 2 N–H and O–H groups in total. The first kappa shape index (κ1) is 16.3. The summed E-state index contributed by atoms with van der Waals surface area (Å²) in [5.74, 6) is -1.07. The Bertz CT molecular complexity index is 485. The lowest BCUT2D eigenvalue weighted by molar-refractivity contribution is -0.153. The van der Waals surface area contributed by atoms with E-state index in [4.69, 9.17) is 14.6 Å². The summed E-state index contributed by atoms with van der Waals surface area (Å²) in [4.78, 5) is 22.8. The topological polar surface area (TPSA) is 84.9 Å². The predicted octanol–water partition coefficient (Wildman–Crippen LogP) is 2.33. The molecule has 1 unspecified atom stereocenters. The van der Waals surface area contributed by atoms with Gasteiger partial charge in [0.1, 0.15) is 6.61 Å². The fourth-order valence-electron chi connectivity index (χ4n) is 2.40. The van der Waals surface area contributed by atoms with Crippen LogP contribution in [-0.4, -0.2) is 35.9 Å². The van der Waals surface area contributed by atoms with Crippen LogP contribution >= 0.6 is 0 Å². The van der Waals surface area contributed by atoms with Crippen LogP contribution in [0, 0.1) is 0 Å². The molecule has 0 bridgehead atoms. The Labute approximate surface area is 129 Å². The molecular weight excluding hydrogens is 286 g/mol. The lowest BCUT2D eigenvalue weighted by Gasteiger charge is -2.18. The number of carbonyl (C=O) groups excluding carboxylic acids is 1. The van der Waals surface area contributed by atoms with Crippen LogP contribution in [0.3, 0.4) is 0 Å². The Balaban J connectivity index is 1.71. The highest BCUT2D eigenvalue weighted by molar-refractivity contribution is 5.74. The second-order valence-electron chi connectivity index (χ2n) is 5.31. The summed E-state index contributed by atoms with van der Waals surface area (Å²) >= 11 is 0. The Morgan fingerprint density at radius 2 is 1.91 bits per heavy atom. The molecule has 22 heavy (non-hydrogen) atoms. The lowest BCUT2D eigenvalue weighted by atomic mass is 10.2. The Hall–Kier alpha value is -2.08. The molecule has 0 saturated heterocycles. The summed E-state index contributed by atoms with van der Waals surface area (Å²) in [6, 6.07) is 9.27. The molecular formula is C16H21NO5. The Kier molecular flexibility index (Phi) is 6.21. The molecule has 1 aliphatic carbocycles. The van der Waals surface area contributed by atoms with Crippen LogP contribution in [0.15, 0.2) is 30.3 Å². The maximum atomic E-state index is 11.6. The van der Waals surface area contributed by atoms with Gasteiger partial charge in [0.05, 0.1) is 12.6 Å². The maximum Gasteiger partial charge on any atom is 0.407 e. The van der Waals surface area contributed by atoms with Gasteiger partial charge in [0.25, 0.3) is 0 Å². The molecule has 1 saturated carbocycles. The molecule has 0 heterocycles. The van der Waals surface area contributed by atoms with Gasteiger partial charge in [-0.2, -0.15) is 0 Å². The monoisotopic (exact) mass is 307 g/mol. The molecule has 1 aromatic rings. The smallest absolute Gasteiger partial charge is 0.407 e. The Morgan fingerprint density at radius 1 is 1.23 bits per heavy atom. The molecule has 0 radical (unpaired) electrons. The first-order chi connectivity index (χ1) is 10.6. The van der Waals surface area contributed by atoms with Crippen LogP contribution in [0.25, 0.3) is 0 Å². The zero-order chi connectivity index (χ0) is 15.8. The number of benzene rings is 1. The van der Waals surface area contributed by atoms with Crippen molar-refractivity contribution in [3.63, 3.8) is 0 Å². The third kappa shape index (κ3) is 5.37. The highest BCUT2D eigenvalue weighted by atomic mass is 16.6. The molecule has 1 aromatic carbocycles. The van der Waals surface area contributed by atoms with Crippen LogP contribution < -0.4 is 5.32 Å². The minimum atomic E-state index is -1.07. The highest BCUT2D eigenvalue weighted by Crippen LogP contribution is 2.22. The van der Waals surface area contributed by atoms with Gasteiger partial charge in [-0.1, -0.05) is 43.2 Å². The van der Waals surface area contributed by atoms with Crippen LogP contribution in [-0.2, 0) is 20.9 Å². The van der Waals surface area contributed by atoms with Crippen molar-refractivity contribution in [3.8, 4) is 0 Å². The van der Waals surface area contributed by atoms with Gasteiger partial charge < -0.3 is 19.9 Å². The number of nitrogens with one attached hydrogen (secondary N) is 1. The molecule has 1 amide bonds. The number of hydrogen-bond acceptors (Lipinski definition) is 4. The zero-order valence-electron chi connectivity index (χ0n) is 12.4. The van der Waals surface area contributed by atoms with Crippen LogP contribution in [0.2, 0.25) is 0 Å². The molecule has 1 aliphatic rings. The van der Waals surface area contributed by atoms with E-state index >= 15 is 0 Å². The molecule has 1 atom stereocenters. The van der Waals surface area contributed by atoms with Crippen molar-refractivity contribution in [1.29, 1.82) is 0 Å². The number of carbonyl (C=O) groups is 2. The third-order valence-electron chi connectivity index (χ3n) is 3.58. The van der Waals surface area contributed by atoms with E-state index in [1.54, 1.807) is 0 Å². The van der Waals surface area contributed by atoms with Crippen molar-refractivity contribution in [1.82, 2.24) is 5.32 Å². The first-order valence-corrected chi connectivity index (χ1v) is 7.48. The third-order valence-corrected chi connectivity index (χ3v) is 3.58. The summed E-state index contributed by atoms with van der Waals surface area (Å²) in [6.07, 6.45) is 2.16. The van der Waals surface area contributed by atoms with Gasteiger partial charge in [-0.3, -0.25) is 0 Å². The normalized spacial score (nSPS) is 16.2. The average Bonchev–Trinajstić information content (AvgIpc) is 3.03. The quantitative estimate of drug-likeness (QED) is 0.807. The van der Waals surface area contributed by atoms with Crippen molar-refractivity contribution in [2.45, 2.75) is 44.5 Å². The Morgan fingerprint density at radius 3 is 2.55 bits per heavy atom. The fourth-order valence-corrected chi connectivity index (χ4v) is 2.40. The fraction of sp³-hybridized carbons (Fsp3) is 0.500. The summed E-state index contributed by atoms with van der Waals surface area (Å²) in [7, 11) is 0. The van der Waals surface area contributed by atoms with E-state index in [0.717, 1.165) is 31.2 Å². The van der Waals surface area contributed by atoms with Crippen molar-refractivity contribution in [2.24, 2.45) is 0 Å². The molecule has 6 heteroatoms. The van der Waals surface area contributed by atoms with E-state index in [-0.39, 0.29) is 19.3 Å². The second-order valence-corrected chi connectivity index (χ2v) is 5.31. The van der Waals surface area contributed by atoms with Crippen molar-refractivity contribution in [2.75, 3.05) is 6.54 Å². The van der Waals surface area contributed by atoms with Gasteiger partial charge in [0.15, 0.2) is 6.10 Å². The second kappa shape index (κ2) is 8.38. The molecule has 0 aromatic heterocycles. The van der Waals surface area contributed by atoms with Crippen molar-refractivity contribution >= 4 is 12.1 Å². The van der Waals surface area contributed by atoms with Crippen LogP contribution in [0.4, 0.5) is 4.79 Å². The standard InChI is InChI=1S/C16H21NO5/c18-15(19)14(22-13-8-4-5-9-13)10-17-16(20)21-11-12-6-2-1-3-7-12/h1-3,6-7,13-14H,4-5,8-11H2,(H,17,20)(H,18,19). The minimum absolute atomic E-state index is 0.0248. The number of alkyl carbamates (subject to hydrolysis) is 1. The van der Waals surface area contributed by atoms with Gasteiger partial charge in [0.2, 0.25) is 0 Å². The van der Waals surface area contributed by atoms with E-state index in [0.29, 0.717) is 0 Å². The first-order valence-electron chi connectivity index (χ1n) is 7.48. The summed E-state index contributed by atoms with van der Waals surface area (Å²) in [5, 5.41) is 11.6. The molecule has 0 aliphatic heterocycles. The predicted molar refractivity (Wildman–Crippen MR) is 79.4 cm³/mol. The number of rotatable bonds is 7. The number of aliphatic carboxylic acids is 1. The number of hydrogen-bond donors (Lipinski definition) is 2. The van der Waals surface area contributed by atoms with Gasteiger partial charge in [-0.05, 0) is 18.4 Å². The maximum absolute atomic E-state index is 11.6. The van der Waals surface area contributed by atoms with Crippen LogP contribution in [0.5, 0.6) is 0 Å². The zero-order valence-corrected chi connectivity index (χ0v) is 12.4. The van der Waals surface area contributed by atoms with Crippen molar-refractivity contribution in [3.05, 3.63) is 35.9 Å². The van der Waals surface area contributed by atoms with Gasteiger partial charge in [0, 0.05) is 0 Å². The van der Waals surface area contributed by atoms with Gasteiger partial charge >= 0.3 is 12.1 Å². The van der Waals surface area contributed by atoms with E-state index in [1.807, 2.05) is 30.3 Å². The van der Waals surface area contributed by atoms with Crippen LogP contribution in [0.1, 0.15) is 31.2 Å². The largest absolute Gasteiger partial charge is 0.479 e. The van der Waals surface area contributed by atoms with E-state index < -0.39 is 18.2 Å². The molecule has 6 nitrogen and oxygen atoms in total. The number of carboxylic acid groups (broad SMARTS) is 1. The summed E-state index contributed by atoms with van der Waals surface area (Å²) in [5.41, 5.74) is 0.870. The number of amides is 1. The molecule has 0 spiro atoms. The van der Waals surface area contributed by atoms with Gasteiger partial charge in [-0.15, -0.1) is 0 Å². The highest BCUT2D eigenvalue weighted by Gasteiger charge is 2.25. The van der Waals surface area contributed by atoms with E-state index in [2.05, 4.69) is 5.32 Å². The SMILES string of the molecule is O=C(NCC(OC1CCCC1)C(=O)O)OCc1ccccc1. The molecule has 2 rings (SSSR count). The summed E-state index contributed by atoms with van der Waals surface area (Å²) < 4.78 is 10.5. The molecule has 120 valence electrons. The van der Waals surface area contributed by atoms with E-state index in [1.165, 1.54) is 0 Å². The lowest BCUT2D eigenvalue weighted by Crippen LogP contribution is -2.40. The number of ether oxygens (including phenoxy) is 2. The molecule has 1 fully saturated rings. The summed E-state index contributed by atoms with van der Waals surface area (Å²) in [6.45, 7) is 0.0490. The minimum Gasteiger partial charge on any atom is -0.479 e. The average molecular weight is 307 g/mol. The number of carboxylic acids is 1. The van der Waals surface area contributed by atoms with Crippen molar-refractivity contribution < 1.29 is 24.2 Å². The van der Waals surface area contributed by atoms with Gasteiger partial charge in [-0.25, -0.2) is 9.59 Å². The van der Waals surface area contributed by atoms with E-state index in [9.17, 15) is 9.59 Å².